The molecule has 0 radical (unpaired) electrons. The molecule has 0 spiro atoms. The number of aromatic hydroxyl groups is 2. The van der Waals surface area contributed by atoms with E-state index in [0.717, 1.165) is 0 Å². The zero-order valence-electron chi connectivity index (χ0n) is 13.8. The minimum Gasteiger partial charge on any atom is -0.508 e. The fraction of sp³-hybridized carbons (Fsp3) is 0.100. The van der Waals surface area contributed by atoms with Crippen LogP contribution in [0.2, 0.25) is 0 Å². The van der Waals surface area contributed by atoms with Crippen LogP contribution >= 0.6 is 0 Å². The SMILES string of the molecule is Oc1ccc(O)cc1.[Na+].c1ccc(COCc2ccccc2)cc1. The van der Waals surface area contributed by atoms with Crippen LogP contribution in [0.1, 0.15) is 11.1 Å². The van der Waals surface area contributed by atoms with Crippen LogP contribution in [0.25, 0.3) is 0 Å². The molecular weight excluding hydrogens is 311 g/mol. The number of hydrogen-bond acceptors (Lipinski definition) is 3. The third-order valence-corrected chi connectivity index (χ3v) is 3.07. The summed E-state index contributed by atoms with van der Waals surface area (Å²) in [6.45, 7) is 1.35. The third-order valence-electron chi connectivity index (χ3n) is 3.07. The van der Waals surface area contributed by atoms with Crippen LogP contribution in [0, 0.1) is 0 Å². The standard InChI is InChI=1S/C14H14O.C6H6O2.Na/c1-3-7-13(8-4-1)11-15-12-14-9-5-2-6-10-14;7-5-1-2-6(8)4-3-5;/h1-10H,11-12H2;1-4,7-8H;/q;;+1. The van der Waals surface area contributed by atoms with E-state index in [9.17, 15) is 0 Å². The first-order valence-corrected chi connectivity index (χ1v) is 7.37. The van der Waals surface area contributed by atoms with Crippen molar-refractivity contribution in [3.63, 3.8) is 0 Å². The van der Waals surface area contributed by atoms with Gasteiger partial charge in [0, 0.05) is 0 Å². The predicted molar refractivity (Wildman–Crippen MR) is 91.1 cm³/mol. The van der Waals surface area contributed by atoms with Gasteiger partial charge in [-0.1, -0.05) is 60.7 Å². The predicted octanol–water partition coefficient (Wildman–Crippen LogP) is 1.51. The van der Waals surface area contributed by atoms with E-state index in [1.807, 2.05) is 36.4 Å². The Balaban J connectivity index is 0.000000273. The number of phenols is 2. The van der Waals surface area contributed by atoms with Gasteiger partial charge < -0.3 is 14.9 Å². The Bertz CT molecular complexity index is 610. The van der Waals surface area contributed by atoms with E-state index < -0.39 is 0 Å². The van der Waals surface area contributed by atoms with Gasteiger partial charge in [0.25, 0.3) is 0 Å². The second-order valence-corrected chi connectivity index (χ2v) is 4.98. The van der Waals surface area contributed by atoms with Gasteiger partial charge in [-0.3, -0.25) is 0 Å². The molecule has 0 aromatic heterocycles. The quantitative estimate of drug-likeness (QED) is 0.563. The summed E-state index contributed by atoms with van der Waals surface area (Å²) in [5, 5.41) is 17.3. The maximum atomic E-state index is 8.65. The molecule has 0 aliphatic carbocycles. The van der Waals surface area contributed by atoms with Crippen molar-refractivity contribution in [2.75, 3.05) is 0 Å². The van der Waals surface area contributed by atoms with Crippen molar-refractivity contribution in [1.29, 1.82) is 0 Å². The van der Waals surface area contributed by atoms with Crippen molar-refractivity contribution < 1.29 is 44.5 Å². The minimum atomic E-state index is 0. The molecule has 0 heterocycles. The first-order valence-electron chi connectivity index (χ1n) is 7.37. The summed E-state index contributed by atoms with van der Waals surface area (Å²) in [6, 6.07) is 26.1. The molecule has 0 fully saturated rings. The van der Waals surface area contributed by atoms with Crippen molar-refractivity contribution in [3.05, 3.63) is 96.1 Å². The van der Waals surface area contributed by atoms with Gasteiger partial charge in [-0.05, 0) is 35.4 Å². The molecule has 3 aromatic carbocycles. The second kappa shape index (κ2) is 11.7. The monoisotopic (exact) mass is 331 g/mol. The van der Waals surface area contributed by atoms with Crippen LogP contribution in [0.15, 0.2) is 84.9 Å². The summed E-state index contributed by atoms with van der Waals surface area (Å²) in [4.78, 5) is 0. The first-order chi connectivity index (χ1) is 11.2. The van der Waals surface area contributed by atoms with Gasteiger partial charge in [-0.25, -0.2) is 0 Å². The Kier molecular flexibility index (Phi) is 9.89. The molecule has 0 bridgehead atoms. The molecule has 3 nitrogen and oxygen atoms in total. The van der Waals surface area contributed by atoms with E-state index >= 15 is 0 Å². The van der Waals surface area contributed by atoms with Crippen LogP contribution in [0.5, 0.6) is 11.5 Å². The van der Waals surface area contributed by atoms with Crippen molar-refractivity contribution in [2.45, 2.75) is 13.2 Å². The molecule has 3 aromatic rings. The summed E-state index contributed by atoms with van der Waals surface area (Å²) >= 11 is 0. The summed E-state index contributed by atoms with van der Waals surface area (Å²) in [5.74, 6) is 0.339. The van der Waals surface area contributed by atoms with E-state index in [1.54, 1.807) is 0 Å². The van der Waals surface area contributed by atoms with Gasteiger partial charge in [-0.2, -0.15) is 0 Å². The normalized spacial score (nSPS) is 9.33. The van der Waals surface area contributed by atoms with Crippen molar-refractivity contribution in [3.8, 4) is 11.5 Å². The Morgan fingerprint density at radius 3 is 1.21 bits per heavy atom. The Morgan fingerprint density at radius 2 is 0.875 bits per heavy atom. The van der Waals surface area contributed by atoms with E-state index in [-0.39, 0.29) is 41.1 Å². The molecule has 2 N–H and O–H groups in total. The molecule has 3 rings (SSSR count). The van der Waals surface area contributed by atoms with E-state index in [2.05, 4.69) is 24.3 Å². The van der Waals surface area contributed by atoms with Crippen LogP contribution in [0.3, 0.4) is 0 Å². The van der Waals surface area contributed by atoms with Gasteiger partial charge in [0.1, 0.15) is 11.5 Å². The molecule has 0 aliphatic heterocycles. The van der Waals surface area contributed by atoms with Gasteiger partial charge in [0.05, 0.1) is 13.2 Å². The fourth-order valence-electron chi connectivity index (χ4n) is 1.89. The number of phenolic OH excluding ortho intramolecular Hbond substituents is 2. The van der Waals surface area contributed by atoms with Gasteiger partial charge in [-0.15, -0.1) is 0 Å². The molecule has 0 aliphatic rings. The molecule has 0 unspecified atom stereocenters. The molecule has 0 saturated carbocycles. The zero-order valence-corrected chi connectivity index (χ0v) is 15.8. The number of benzene rings is 3. The summed E-state index contributed by atoms with van der Waals surface area (Å²) in [7, 11) is 0. The maximum Gasteiger partial charge on any atom is 1.00 e. The van der Waals surface area contributed by atoms with E-state index in [4.69, 9.17) is 14.9 Å². The molecule has 0 saturated heterocycles. The molecule has 4 heteroatoms. The Labute approximate surface area is 164 Å². The molecule has 118 valence electrons. The van der Waals surface area contributed by atoms with E-state index in [0.29, 0.717) is 13.2 Å². The average Bonchev–Trinajstić information content (AvgIpc) is 2.60. The fourth-order valence-corrected chi connectivity index (χ4v) is 1.89. The first kappa shape index (κ1) is 20.3. The van der Waals surface area contributed by atoms with Crippen LogP contribution in [-0.4, -0.2) is 10.2 Å². The third kappa shape index (κ3) is 8.18. The van der Waals surface area contributed by atoms with Gasteiger partial charge in [0.2, 0.25) is 0 Å². The van der Waals surface area contributed by atoms with Crippen molar-refractivity contribution in [1.82, 2.24) is 0 Å². The molecule has 0 atom stereocenters. The number of hydrogen-bond donors (Lipinski definition) is 2. The molecule has 0 amide bonds. The Morgan fingerprint density at radius 1 is 0.542 bits per heavy atom. The number of ether oxygens (including phenoxy) is 1. The minimum absolute atomic E-state index is 0. The number of rotatable bonds is 4. The van der Waals surface area contributed by atoms with Crippen LogP contribution in [-0.2, 0) is 18.0 Å². The Hall–Kier alpha value is -1.78. The zero-order chi connectivity index (χ0) is 16.3. The summed E-state index contributed by atoms with van der Waals surface area (Å²) < 4.78 is 5.61. The second-order valence-electron chi connectivity index (χ2n) is 4.98. The topological polar surface area (TPSA) is 49.7 Å². The van der Waals surface area contributed by atoms with Crippen LogP contribution < -0.4 is 29.6 Å². The average molecular weight is 331 g/mol. The van der Waals surface area contributed by atoms with Crippen molar-refractivity contribution in [2.24, 2.45) is 0 Å². The van der Waals surface area contributed by atoms with Crippen molar-refractivity contribution >= 4 is 0 Å². The molecular formula is C20H20NaO3+. The summed E-state index contributed by atoms with van der Waals surface area (Å²) in [6.07, 6.45) is 0. The summed E-state index contributed by atoms with van der Waals surface area (Å²) in [5.41, 5.74) is 2.43. The van der Waals surface area contributed by atoms with Gasteiger partial charge >= 0.3 is 29.6 Å². The smallest absolute Gasteiger partial charge is 0.508 e. The van der Waals surface area contributed by atoms with Crippen LogP contribution in [0.4, 0.5) is 0 Å². The largest absolute Gasteiger partial charge is 1.00 e. The van der Waals surface area contributed by atoms with E-state index in [1.165, 1.54) is 35.4 Å². The van der Waals surface area contributed by atoms with Gasteiger partial charge in [0.15, 0.2) is 0 Å². The maximum absolute atomic E-state index is 8.65. The molecule has 24 heavy (non-hydrogen) atoms.